The molecule has 23 heavy (non-hydrogen) atoms. The zero-order chi connectivity index (χ0) is 16.6. The molecule has 1 saturated heterocycles. The molecule has 1 amide bonds. The molecule has 1 N–H and O–H groups in total. The minimum absolute atomic E-state index is 0.0168. The monoisotopic (exact) mass is 319 g/mol. The zero-order valence-electron chi connectivity index (χ0n) is 14.7. The molecular formula is C18H29N3O2. The number of nitrogens with one attached hydrogen (secondary N) is 1. The van der Waals surface area contributed by atoms with E-state index >= 15 is 0 Å². The number of rotatable bonds is 6. The summed E-state index contributed by atoms with van der Waals surface area (Å²) in [6, 6.07) is 2.22. The van der Waals surface area contributed by atoms with Gasteiger partial charge in [-0.1, -0.05) is 20.8 Å². The summed E-state index contributed by atoms with van der Waals surface area (Å²) in [5.41, 5.74) is 1.70. The van der Waals surface area contributed by atoms with Crippen LogP contribution in [0.4, 0.5) is 0 Å². The summed E-state index contributed by atoms with van der Waals surface area (Å²) in [4.78, 5) is 12.8. The molecule has 2 aliphatic rings. The van der Waals surface area contributed by atoms with Crippen molar-refractivity contribution >= 4 is 5.91 Å². The highest BCUT2D eigenvalue weighted by molar-refractivity contribution is 5.93. The first-order valence-corrected chi connectivity index (χ1v) is 9.04. The van der Waals surface area contributed by atoms with Gasteiger partial charge in [-0.15, -0.1) is 0 Å². The average molecular weight is 319 g/mol. The van der Waals surface area contributed by atoms with Crippen molar-refractivity contribution in [2.45, 2.75) is 65.6 Å². The molecule has 128 valence electrons. The SMILES string of the molecule is CC[C@@H]1[C@@H](NC(=O)c2cc(CC(C)C)nn2CC)[C@@H]2CCO[C@H]12. The first-order chi connectivity index (χ1) is 11.0. The van der Waals surface area contributed by atoms with E-state index < -0.39 is 0 Å². The Bertz CT molecular complexity index is 567. The Balaban J connectivity index is 1.71. The molecule has 1 aromatic rings. The summed E-state index contributed by atoms with van der Waals surface area (Å²) in [7, 11) is 0. The number of hydrogen-bond donors (Lipinski definition) is 1. The third kappa shape index (κ3) is 3.03. The maximum absolute atomic E-state index is 12.8. The van der Waals surface area contributed by atoms with Crippen molar-refractivity contribution in [1.82, 2.24) is 15.1 Å². The molecule has 0 spiro atoms. The molecule has 4 atom stereocenters. The lowest BCUT2D eigenvalue weighted by atomic mass is 9.65. The van der Waals surface area contributed by atoms with Crippen LogP contribution in [0.2, 0.25) is 0 Å². The Morgan fingerprint density at radius 2 is 2.26 bits per heavy atom. The maximum atomic E-state index is 12.8. The van der Waals surface area contributed by atoms with Gasteiger partial charge in [0.05, 0.1) is 11.8 Å². The van der Waals surface area contributed by atoms with Gasteiger partial charge in [-0.2, -0.15) is 5.10 Å². The second-order valence-electron chi connectivity index (χ2n) is 7.29. The van der Waals surface area contributed by atoms with E-state index in [-0.39, 0.29) is 11.9 Å². The second kappa shape index (κ2) is 6.63. The largest absolute Gasteiger partial charge is 0.377 e. The van der Waals surface area contributed by atoms with Crippen molar-refractivity contribution in [3.05, 3.63) is 17.5 Å². The van der Waals surface area contributed by atoms with Gasteiger partial charge in [0.15, 0.2) is 0 Å². The first-order valence-electron chi connectivity index (χ1n) is 9.04. The van der Waals surface area contributed by atoms with Gasteiger partial charge < -0.3 is 10.1 Å². The summed E-state index contributed by atoms with van der Waals surface area (Å²) in [5.74, 6) is 1.51. The van der Waals surface area contributed by atoms with Gasteiger partial charge in [0.25, 0.3) is 5.91 Å². The Morgan fingerprint density at radius 3 is 2.91 bits per heavy atom. The van der Waals surface area contributed by atoms with E-state index in [1.54, 1.807) is 0 Å². The highest BCUT2D eigenvalue weighted by Gasteiger charge is 2.53. The lowest BCUT2D eigenvalue weighted by Crippen LogP contribution is -2.61. The van der Waals surface area contributed by atoms with Crippen LogP contribution in [0.5, 0.6) is 0 Å². The molecule has 1 aromatic heterocycles. The average Bonchev–Trinajstić information content (AvgIpc) is 3.09. The highest BCUT2D eigenvalue weighted by atomic mass is 16.5. The van der Waals surface area contributed by atoms with E-state index in [4.69, 9.17) is 4.74 Å². The van der Waals surface area contributed by atoms with Crippen molar-refractivity contribution < 1.29 is 9.53 Å². The molecule has 0 radical (unpaired) electrons. The fourth-order valence-electron chi connectivity index (χ4n) is 4.17. The van der Waals surface area contributed by atoms with Crippen LogP contribution in [-0.4, -0.2) is 34.4 Å². The van der Waals surface area contributed by atoms with Crippen molar-refractivity contribution in [2.75, 3.05) is 6.61 Å². The second-order valence-corrected chi connectivity index (χ2v) is 7.29. The van der Waals surface area contributed by atoms with E-state index in [1.165, 1.54) is 0 Å². The molecule has 1 aliphatic heterocycles. The molecule has 5 nitrogen and oxygen atoms in total. The Hall–Kier alpha value is -1.36. The zero-order valence-corrected chi connectivity index (χ0v) is 14.7. The number of carbonyl (C=O) groups excluding carboxylic acids is 1. The Morgan fingerprint density at radius 1 is 1.48 bits per heavy atom. The van der Waals surface area contributed by atoms with Gasteiger partial charge in [0, 0.05) is 31.0 Å². The van der Waals surface area contributed by atoms with Crippen LogP contribution in [-0.2, 0) is 17.7 Å². The number of aryl methyl sites for hydroxylation is 1. The standard InChI is InChI=1S/C18H29N3O2/c1-5-13-16(14-7-8-23-17(13)14)19-18(22)15-10-12(9-11(3)4)20-21(15)6-2/h10-11,13-14,16-17H,5-9H2,1-4H3,(H,19,22)/t13-,14+,16-,17-/m1/s1. The number of hydrogen-bond acceptors (Lipinski definition) is 3. The predicted molar refractivity (Wildman–Crippen MR) is 89.3 cm³/mol. The minimum atomic E-state index is 0.0168. The summed E-state index contributed by atoms with van der Waals surface area (Å²) in [6.07, 6.45) is 3.39. The molecular weight excluding hydrogens is 290 g/mol. The molecule has 0 bridgehead atoms. The quantitative estimate of drug-likeness (QED) is 0.877. The van der Waals surface area contributed by atoms with E-state index in [0.717, 1.165) is 38.1 Å². The summed E-state index contributed by atoms with van der Waals surface area (Å²) in [6.45, 7) is 10.1. The maximum Gasteiger partial charge on any atom is 0.269 e. The third-order valence-corrected chi connectivity index (χ3v) is 5.28. The topological polar surface area (TPSA) is 56.2 Å². The van der Waals surface area contributed by atoms with Crippen LogP contribution < -0.4 is 5.32 Å². The smallest absolute Gasteiger partial charge is 0.269 e. The summed E-state index contributed by atoms with van der Waals surface area (Å²) >= 11 is 0. The van der Waals surface area contributed by atoms with Crippen molar-refractivity contribution in [3.8, 4) is 0 Å². The van der Waals surface area contributed by atoms with Gasteiger partial charge >= 0.3 is 0 Å². The van der Waals surface area contributed by atoms with Crippen LogP contribution in [0.15, 0.2) is 6.07 Å². The first kappa shape index (κ1) is 16.5. The van der Waals surface area contributed by atoms with Gasteiger partial charge in [-0.25, -0.2) is 0 Å². The summed E-state index contributed by atoms with van der Waals surface area (Å²) in [5, 5.41) is 7.84. The molecule has 1 aliphatic carbocycles. The Kier molecular flexibility index (Phi) is 4.76. The van der Waals surface area contributed by atoms with Crippen molar-refractivity contribution in [1.29, 1.82) is 0 Å². The lowest BCUT2D eigenvalue weighted by molar-refractivity contribution is -0.0546. The molecule has 0 aromatic carbocycles. The number of aromatic nitrogens is 2. The molecule has 2 fully saturated rings. The van der Waals surface area contributed by atoms with Gasteiger partial charge in [0.2, 0.25) is 0 Å². The number of ether oxygens (including phenoxy) is 1. The van der Waals surface area contributed by atoms with Crippen LogP contribution in [0, 0.1) is 17.8 Å². The fraction of sp³-hybridized carbons (Fsp3) is 0.778. The minimum Gasteiger partial charge on any atom is -0.377 e. The van der Waals surface area contributed by atoms with E-state index in [2.05, 4.69) is 31.2 Å². The fourth-order valence-corrected chi connectivity index (χ4v) is 4.17. The predicted octanol–water partition coefficient (Wildman–Crippen LogP) is 2.64. The number of fused-ring (bicyclic) bond motifs is 1. The molecule has 3 rings (SSSR count). The van der Waals surface area contributed by atoms with Crippen molar-refractivity contribution in [3.63, 3.8) is 0 Å². The molecule has 1 saturated carbocycles. The van der Waals surface area contributed by atoms with Gasteiger partial charge in [-0.05, 0) is 38.2 Å². The van der Waals surface area contributed by atoms with Gasteiger partial charge in [-0.3, -0.25) is 9.48 Å². The van der Waals surface area contributed by atoms with Crippen LogP contribution >= 0.6 is 0 Å². The lowest BCUT2D eigenvalue weighted by Gasteiger charge is -2.47. The number of carbonyl (C=O) groups is 1. The summed E-state index contributed by atoms with van der Waals surface area (Å²) < 4.78 is 7.63. The van der Waals surface area contributed by atoms with Gasteiger partial charge in [0.1, 0.15) is 5.69 Å². The Labute approximate surface area is 138 Å². The van der Waals surface area contributed by atoms with Crippen LogP contribution in [0.25, 0.3) is 0 Å². The van der Waals surface area contributed by atoms with Crippen LogP contribution in [0.3, 0.4) is 0 Å². The number of amides is 1. The van der Waals surface area contributed by atoms with E-state index in [0.29, 0.717) is 29.6 Å². The van der Waals surface area contributed by atoms with Crippen molar-refractivity contribution in [2.24, 2.45) is 17.8 Å². The molecule has 5 heteroatoms. The van der Waals surface area contributed by atoms with Crippen LogP contribution in [0.1, 0.15) is 56.7 Å². The highest BCUT2D eigenvalue weighted by Crippen LogP contribution is 2.45. The molecule has 0 unspecified atom stereocenters. The number of nitrogens with zero attached hydrogens (tertiary/aromatic N) is 2. The normalized spacial score (nSPS) is 29.4. The van der Waals surface area contributed by atoms with E-state index in [9.17, 15) is 4.79 Å². The molecule has 2 heterocycles. The third-order valence-electron chi connectivity index (χ3n) is 5.28. The van der Waals surface area contributed by atoms with E-state index in [1.807, 2.05) is 17.7 Å².